The van der Waals surface area contributed by atoms with E-state index in [-0.39, 0.29) is 5.91 Å². The molecule has 0 spiro atoms. The summed E-state index contributed by atoms with van der Waals surface area (Å²) in [6.45, 7) is 5.50. The van der Waals surface area contributed by atoms with Crippen LogP contribution in [0.15, 0.2) is 0 Å². The van der Waals surface area contributed by atoms with E-state index in [4.69, 9.17) is 10.5 Å². The van der Waals surface area contributed by atoms with Crippen molar-refractivity contribution in [3.63, 3.8) is 0 Å². The molecule has 0 saturated heterocycles. The molecule has 0 aromatic carbocycles. The zero-order valence-corrected chi connectivity index (χ0v) is 10.1. The second-order valence-corrected chi connectivity index (χ2v) is 4.07. The van der Waals surface area contributed by atoms with E-state index in [0.29, 0.717) is 0 Å². The molecule has 1 unspecified atom stereocenters. The molecule has 0 heterocycles. The number of hydrogen-bond acceptors (Lipinski definition) is 3. The highest BCUT2D eigenvalue weighted by Gasteiger charge is 2.29. The van der Waals surface area contributed by atoms with Gasteiger partial charge in [0.2, 0.25) is 5.91 Å². The van der Waals surface area contributed by atoms with Crippen molar-refractivity contribution in [1.29, 1.82) is 0 Å². The number of carbonyl (C=O) groups excluding carboxylic acids is 1. The van der Waals surface area contributed by atoms with Crippen LogP contribution in [0.1, 0.15) is 39.5 Å². The Morgan fingerprint density at radius 3 is 2.60 bits per heavy atom. The fourth-order valence-electron chi connectivity index (χ4n) is 1.42. The molecule has 3 N–H and O–H groups in total. The molecule has 0 aromatic rings. The Hall–Kier alpha value is -0.610. The van der Waals surface area contributed by atoms with Crippen molar-refractivity contribution in [2.45, 2.75) is 45.1 Å². The molecular formula is C11H24N2O2. The Labute approximate surface area is 92.6 Å². The van der Waals surface area contributed by atoms with Crippen molar-refractivity contribution in [2.24, 2.45) is 5.73 Å². The molecule has 0 aromatic heterocycles. The first-order chi connectivity index (χ1) is 7.06. The minimum atomic E-state index is -0.566. The number of amides is 1. The predicted octanol–water partition coefficient (Wildman–Crippen LogP) is 1.05. The van der Waals surface area contributed by atoms with E-state index in [1.165, 1.54) is 0 Å². The van der Waals surface area contributed by atoms with Gasteiger partial charge in [0, 0.05) is 13.7 Å². The number of rotatable bonds is 9. The maximum atomic E-state index is 11.3. The Morgan fingerprint density at radius 2 is 2.13 bits per heavy atom. The normalized spacial score (nSPS) is 14.9. The van der Waals surface area contributed by atoms with Gasteiger partial charge in [-0.25, -0.2) is 0 Å². The number of nitrogens with one attached hydrogen (secondary N) is 1. The third-order valence-electron chi connectivity index (χ3n) is 2.58. The van der Waals surface area contributed by atoms with Crippen LogP contribution in [-0.4, -0.2) is 31.7 Å². The number of methoxy groups -OCH3 is 1. The quantitative estimate of drug-likeness (QED) is 0.566. The summed E-state index contributed by atoms with van der Waals surface area (Å²) in [4.78, 5) is 11.3. The van der Waals surface area contributed by atoms with Crippen LogP contribution in [0.4, 0.5) is 0 Å². The lowest BCUT2D eigenvalue weighted by molar-refractivity contribution is -0.124. The van der Waals surface area contributed by atoms with Gasteiger partial charge in [-0.3, -0.25) is 4.79 Å². The molecule has 0 saturated carbocycles. The smallest absolute Gasteiger partial charge is 0.237 e. The van der Waals surface area contributed by atoms with Gasteiger partial charge in [0.05, 0.1) is 5.54 Å². The molecule has 1 amide bonds. The van der Waals surface area contributed by atoms with E-state index in [2.05, 4.69) is 12.2 Å². The lowest BCUT2D eigenvalue weighted by Crippen LogP contribution is -2.53. The topological polar surface area (TPSA) is 64.3 Å². The summed E-state index contributed by atoms with van der Waals surface area (Å²) >= 11 is 0. The van der Waals surface area contributed by atoms with Gasteiger partial charge in [-0.1, -0.05) is 6.92 Å². The van der Waals surface area contributed by atoms with Gasteiger partial charge in [0.1, 0.15) is 0 Å². The zero-order valence-electron chi connectivity index (χ0n) is 10.1. The van der Waals surface area contributed by atoms with E-state index < -0.39 is 5.54 Å². The monoisotopic (exact) mass is 216 g/mol. The molecule has 90 valence electrons. The Morgan fingerprint density at radius 1 is 1.47 bits per heavy atom. The number of nitrogens with two attached hydrogens (primary N) is 1. The molecular weight excluding hydrogens is 192 g/mol. The summed E-state index contributed by atoms with van der Waals surface area (Å²) in [6, 6.07) is 0. The maximum Gasteiger partial charge on any atom is 0.237 e. The van der Waals surface area contributed by atoms with Crippen LogP contribution >= 0.6 is 0 Å². The molecule has 4 nitrogen and oxygen atoms in total. The summed E-state index contributed by atoms with van der Waals surface area (Å²) in [5.74, 6) is -0.270. The first-order valence-corrected chi connectivity index (χ1v) is 5.60. The molecule has 0 fully saturated rings. The number of unbranched alkanes of at least 4 members (excludes halogenated alkanes) is 1. The van der Waals surface area contributed by atoms with Crippen molar-refractivity contribution < 1.29 is 9.53 Å². The average molecular weight is 216 g/mol. The van der Waals surface area contributed by atoms with Gasteiger partial charge in [0.15, 0.2) is 0 Å². The van der Waals surface area contributed by atoms with Crippen LogP contribution < -0.4 is 11.1 Å². The van der Waals surface area contributed by atoms with Crippen LogP contribution in [0, 0.1) is 0 Å². The Kier molecular flexibility index (Phi) is 7.34. The number of carbonyl (C=O) groups is 1. The van der Waals surface area contributed by atoms with Crippen LogP contribution in [0.2, 0.25) is 0 Å². The first kappa shape index (κ1) is 14.4. The van der Waals surface area contributed by atoms with Crippen LogP contribution in [0.25, 0.3) is 0 Å². The van der Waals surface area contributed by atoms with Crippen molar-refractivity contribution in [3.05, 3.63) is 0 Å². The Bertz CT molecular complexity index is 185. The summed E-state index contributed by atoms with van der Waals surface area (Å²) < 4.78 is 4.96. The second-order valence-electron chi connectivity index (χ2n) is 4.07. The third kappa shape index (κ3) is 5.74. The van der Waals surface area contributed by atoms with Crippen molar-refractivity contribution in [2.75, 3.05) is 20.3 Å². The fourth-order valence-corrected chi connectivity index (χ4v) is 1.42. The fraction of sp³-hybridized carbons (Fsp3) is 0.909. The van der Waals surface area contributed by atoms with E-state index in [1.807, 2.05) is 6.92 Å². The van der Waals surface area contributed by atoms with E-state index in [1.54, 1.807) is 7.11 Å². The van der Waals surface area contributed by atoms with E-state index in [9.17, 15) is 4.79 Å². The van der Waals surface area contributed by atoms with Gasteiger partial charge in [0.25, 0.3) is 0 Å². The molecule has 0 bridgehead atoms. The van der Waals surface area contributed by atoms with Crippen LogP contribution in [-0.2, 0) is 9.53 Å². The molecule has 4 heteroatoms. The highest BCUT2D eigenvalue weighted by Crippen LogP contribution is 2.13. The third-order valence-corrected chi connectivity index (χ3v) is 2.58. The highest BCUT2D eigenvalue weighted by molar-refractivity contribution is 5.84. The summed E-state index contributed by atoms with van der Waals surface area (Å²) in [7, 11) is 1.68. The SMILES string of the molecule is CCCNC(C)(CCCCOC)C(N)=O. The number of ether oxygens (including phenoxy) is 1. The van der Waals surface area contributed by atoms with Gasteiger partial charge in [-0.05, 0) is 39.2 Å². The zero-order chi connectivity index (χ0) is 11.7. The van der Waals surface area contributed by atoms with Crippen molar-refractivity contribution in [3.8, 4) is 0 Å². The molecule has 15 heavy (non-hydrogen) atoms. The summed E-state index contributed by atoms with van der Waals surface area (Å²) in [5, 5.41) is 3.21. The van der Waals surface area contributed by atoms with Crippen molar-refractivity contribution in [1.82, 2.24) is 5.32 Å². The largest absolute Gasteiger partial charge is 0.385 e. The van der Waals surface area contributed by atoms with Gasteiger partial charge < -0.3 is 15.8 Å². The van der Waals surface area contributed by atoms with E-state index in [0.717, 1.165) is 38.8 Å². The highest BCUT2D eigenvalue weighted by atomic mass is 16.5. The Balaban J connectivity index is 3.96. The number of hydrogen-bond donors (Lipinski definition) is 2. The number of primary amides is 1. The van der Waals surface area contributed by atoms with E-state index >= 15 is 0 Å². The van der Waals surface area contributed by atoms with Crippen LogP contribution in [0.5, 0.6) is 0 Å². The molecule has 0 rings (SSSR count). The standard InChI is InChI=1S/C11H24N2O2/c1-4-8-13-11(2,10(12)14)7-5-6-9-15-3/h13H,4-9H2,1-3H3,(H2,12,14). The molecule has 0 aliphatic heterocycles. The summed E-state index contributed by atoms with van der Waals surface area (Å²) in [6.07, 6.45) is 3.68. The molecule has 0 aliphatic rings. The minimum Gasteiger partial charge on any atom is -0.385 e. The molecule has 1 atom stereocenters. The van der Waals surface area contributed by atoms with Crippen molar-refractivity contribution >= 4 is 5.91 Å². The van der Waals surface area contributed by atoms with Crippen LogP contribution in [0.3, 0.4) is 0 Å². The molecule has 0 radical (unpaired) electrons. The summed E-state index contributed by atoms with van der Waals surface area (Å²) in [5.41, 5.74) is 4.83. The van der Waals surface area contributed by atoms with Gasteiger partial charge in [-0.2, -0.15) is 0 Å². The minimum absolute atomic E-state index is 0.270. The predicted molar refractivity (Wildman–Crippen MR) is 61.6 cm³/mol. The average Bonchev–Trinajstić information content (AvgIpc) is 2.21. The first-order valence-electron chi connectivity index (χ1n) is 5.60. The maximum absolute atomic E-state index is 11.3. The second kappa shape index (κ2) is 7.65. The van der Waals surface area contributed by atoms with Gasteiger partial charge in [-0.15, -0.1) is 0 Å². The lowest BCUT2D eigenvalue weighted by Gasteiger charge is -2.27. The van der Waals surface area contributed by atoms with Gasteiger partial charge >= 0.3 is 0 Å². The lowest BCUT2D eigenvalue weighted by atomic mass is 9.94. The molecule has 0 aliphatic carbocycles.